The van der Waals surface area contributed by atoms with Crippen molar-refractivity contribution in [2.24, 2.45) is 0 Å². The van der Waals surface area contributed by atoms with E-state index in [1.54, 1.807) is 6.20 Å². The normalized spacial score (nSPS) is 15.8. The zero-order chi connectivity index (χ0) is 24.8. The smallest absolute Gasteiger partial charge is 0.256 e. The number of pyridine rings is 1. The molecule has 1 aliphatic rings. The van der Waals surface area contributed by atoms with Gasteiger partial charge >= 0.3 is 0 Å². The quantitative estimate of drug-likeness (QED) is 0.323. The zero-order valence-corrected chi connectivity index (χ0v) is 20.6. The third-order valence-corrected chi connectivity index (χ3v) is 6.71. The Balaban J connectivity index is 1.38. The van der Waals surface area contributed by atoms with Gasteiger partial charge in [0.2, 0.25) is 0 Å². The Labute approximate surface area is 208 Å². The number of ether oxygens (including phenoxy) is 1. The summed E-state index contributed by atoms with van der Waals surface area (Å²) in [6.45, 7) is 6.92. The van der Waals surface area contributed by atoms with Gasteiger partial charge in [-0.05, 0) is 63.4 Å². The summed E-state index contributed by atoms with van der Waals surface area (Å²) in [7, 11) is 0. The molecule has 1 aliphatic heterocycles. The van der Waals surface area contributed by atoms with Gasteiger partial charge in [0.1, 0.15) is 11.9 Å². The molecule has 0 aliphatic carbocycles. The molecule has 6 rings (SSSR count). The van der Waals surface area contributed by atoms with E-state index < -0.39 is 0 Å². The van der Waals surface area contributed by atoms with E-state index in [0.717, 1.165) is 58.5 Å². The second kappa shape index (κ2) is 8.87. The van der Waals surface area contributed by atoms with Crippen LogP contribution in [0, 0.1) is 6.92 Å². The number of hydrogen-bond donors (Lipinski definition) is 2. The number of nitrogens with one attached hydrogen (secondary N) is 2. The van der Waals surface area contributed by atoms with Gasteiger partial charge in [0, 0.05) is 23.9 Å². The molecule has 1 fully saturated rings. The van der Waals surface area contributed by atoms with Crippen LogP contribution in [0.25, 0.3) is 33.3 Å². The number of amides is 1. The lowest BCUT2D eigenvalue weighted by atomic mass is 10.0. The molecular formula is C28H28N6O2. The zero-order valence-electron chi connectivity index (χ0n) is 20.6. The molecule has 2 N–H and O–H groups in total. The highest BCUT2D eigenvalue weighted by molar-refractivity contribution is 6.13. The molecule has 36 heavy (non-hydrogen) atoms. The first kappa shape index (κ1) is 22.4. The van der Waals surface area contributed by atoms with Crippen molar-refractivity contribution in [3.05, 3.63) is 71.7 Å². The van der Waals surface area contributed by atoms with Gasteiger partial charge in [-0.1, -0.05) is 24.3 Å². The largest absolute Gasteiger partial charge is 0.370 e. The number of carbonyl (C=O) groups excluding carboxylic acids is 1. The Morgan fingerprint density at radius 3 is 2.81 bits per heavy atom. The van der Waals surface area contributed by atoms with Gasteiger partial charge in [-0.3, -0.25) is 4.79 Å². The highest BCUT2D eigenvalue weighted by Crippen LogP contribution is 2.30. The van der Waals surface area contributed by atoms with Gasteiger partial charge in [0.25, 0.3) is 5.91 Å². The maximum absolute atomic E-state index is 13.6. The van der Waals surface area contributed by atoms with Crippen LogP contribution in [0.1, 0.15) is 60.6 Å². The molecule has 8 heteroatoms. The number of aromatic nitrogens is 5. The third-order valence-electron chi connectivity index (χ3n) is 6.71. The van der Waals surface area contributed by atoms with Crippen LogP contribution < -0.4 is 5.32 Å². The SMILES string of the molecule is Cc1ccccc1-c1cc(C(=O)Nc2ccc3nc(C4CCCO4)[nH]c3c2)c2cnn(C(C)C)c2n1. The Bertz CT molecular complexity index is 1590. The van der Waals surface area contributed by atoms with Crippen molar-refractivity contribution in [3.63, 3.8) is 0 Å². The van der Waals surface area contributed by atoms with Crippen molar-refractivity contribution in [2.75, 3.05) is 11.9 Å². The maximum atomic E-state index is 13.6. The third kappa shape index (κ3) is 3.93. The second-order valence-corrected chi connectivity index (χ2v) is 9.60. The molecule has 2 aromatic carbocycles. The number of nitrogens with zero attached hydrogens (tertiary/aromatic N) is 4. The van der Waals surface area contributed by atoms with Crippen LogP contribution >= 0.6 is 0 Å². The number of imidazole rings is 1. The summed E-state index contributed by atoms with van der Waals surface area (Å²) in [5.41, 5.74) is 6.47. The number of H-pyrrole nitrogens is 1. The van der Waals surface area contributed by atoms with Gasteiger partial charge in [-0.15, -0.1) is 0 Å². The molecule has 182 valence electrons. The summed E-state index contributed by atoms with van der Waals surface area (Å²) in [4.78, 5) is 26.6. The molecule has 0 spiro atoms. The Morgan fingerprint density at radius 2 is 2.03 bits per heavy atom. The number of benzene rings is 2. The summed E-state index contributed by atoms with van der Waals surface area (Å²) in [5.74, 6) is 0.629. The highest BCUT2D eigenvalue weighted by Gasteiger charge is 2.22. The van der Waals surface area contributed by atoms with Crippen molar-refractivity contribution < 1.29 is 9.53 Å². The molecule has 1 saturated heterocycles. The molecule has 1 amide bonds. The predicted molar refractivity (Wildman–Crippen MR) is 140 cm³/mol. The molecule has 4 heterocycles. The number of anilines is 1. The molecule has 1 atom stereocenters. The van der Waals surface area contributed by atoms with Crippen molar-refractivity contribution in [2.45, 2.75) is 45.8 Å². The van der Waals surface area contributed by atoms with E-state index in [-0.39, 0.29) is 18.1 Å². The van der Waals surface area contributed by atoms with Crippen LogP contribution in [0.5, 0.6) is 0 Å². The summed E-state index contributed by atoms with van der Waals surface area (Å²) in [6, 6.07) is 15.7. The fourth-order valence-electron chi connectivity index (χ4n) is 4.83. The maximum Gasteiger partial charge on any atom is 0.256 e. The van der Waals surface area contributed by atoms with Gasteiger partial charge in [-0.2, -0.15) is 5.10 Å². The number of fused-ring (bicyclic) bond motifs is 2. The molecule has 3 aromatic heterocycles. The lowest BCUT2D eigenvalue weighted by Gasteiger charge is -2.12. The molecule has 1 unspecified atom stereocenters. The summed E-state index contributed by atoms with van der Waals surface area (Å²) >= 11 is 0. The van der Waals surface area contributed by atoms with Crippen molar-refractivity contribution in [1.82, 2.24) is 24.7 Å². The van der Waals surface area contributed by atoms with Gasteiger partial charge in [-0.25, -0.2) is 14.6 Å². The van der Waals surface area contributed by atoms with E-state index in [9.17, 15) is 4.79 Å². The fourth-order valence-corrected chi connectivity index (χ4v) is 4.83. The van der Waals surface area contributed by atoms with Gasteiger partial charge in [0.15, 0.2) is 5.65 Å². The van der Waals surface area contributed by atoms with Crippen LogP contribution in [0.15, 0.2) is 54.7 Å². The average molecular weight is 481 g/mol. The van der Waals surface area contributed by atoms with E-state index in [1.807, 2.05) is 60.1 Å². The number of aryl methyl sites for hydroxylation is 1. The Morgan fingerprint density at radius 1 is 1.17 bits per heavy atom. The lowest BCUT2D eigenvalue weighted by Crippen LogP contribution is -2.13. The standard InChI is InChI=1S/C28H28N6O2/c1-16(2)34-27-21(15-29-34)20(14-23(33-27)19-8-5-4-7-17(19)3)28(35)30-18-10-11-22-24(13-18)32-26(31-22)25-9-6-12-36-25/h4-5,7-8,10-11,13-16,25H,6,9,12H2,1-3H3,(H,30,35)(H,31,32). The first-order valence-corrected chi connectivity index (χ1v) is 12.3. The molecular weight excluding hydrogens is 452 g/mol. The Kier molecular flexibility index (Phi) is 5.53. The minimum absolute atomic E-state index is 0.0119. The number of aromatic amines is 1. The fraction of sp³-hybridized carbons (Fsp3) is 0.286. The van der Waals surface area contributed by atoms with Crippen molar-refractivity contribution in [1.29, 1.82) is 0 Å². The minimum Gasteiger partial charge on any atom is -0.370 e. The molecule has 0 saturated carbocycles. The van der Waals surface area contributed by atoms with Crippen LogP contribution in [0.4, 0.5) is 5.69 Å². The summed E-state index contributed by atoms with van der Waals surface area (Å²) in [5, 5.41) is 8.33. The van der Waals surface area contributed by atoms with Crippen LogP contribution in [0.3, 0.4) is 0 Å². The second-order valence-electron chi connectivity index (χ2n) is 9.60. The van der Waals surface area contributed by atoms with Gasteiger partial charge < -0.3 is 15.0 Å². The molecule has 5 aromatic rings. The van der Waals surface area contributed by atoms with Crippen molar-refractivity contribution >= 4 is 33.7 Å². The highest BCUT2D eigenvalue weighted by atomic mass is 16.5. The molecule has 8 nitrogen and oxygen atoms in total. The summed E-state index contributed by atoms with van der Waals surface area (Å²) < 4.78 is 7.62. The first-order valence-electron chi connectivity index (χ1n) is 12.3. The predicted octanol–water partition coefficient (Wildman–Crippen LogP) is 5.97. The van der Waals surface area contributed by atoms with E-state index in [2.05, 4.69) is 34.2 Å². The summed E-state index contributed by atoms with van der Waals surface area (Å²) in [6.07, 6.45) is 3.75. The molecule has 0 radical (unpaired) electrons. The molecule has 0 bridgehead atoms. The number of hydrogen-bond acceptors (Lipinski definition) is 5. The van der Waals surface area contributed by atoms with Gasteiger partial charge in [0.05, 0.1) is 33.9 Å². The minimum atomic E-state index is -0.209. The topological polar surface area (TPSA) is 97.7 Å². The Hall–Kier alpha value is -4.04. The number of carbonyl (C=O) groups is 1. The first-order chi connectivity index (χ1) is 17.5. The van der Waals surface area contributed by atoms with E-state index >= 15 is 0 Å². The van der Waals surface area contributed by atoms with Crippen molar-refractivity contribution in [3.8, 4) is 11.3 Å². The van der Waals surface area contributed by atoms with Crippen LogP contribution in [0.2, 0.25) is 0 Å². The average Bonchev–Trinajstić information content (AvgIpc) is 3.62. The van der Waals surface area contributed by atoms with E-state index in [4.69, 9.17) is 9.72 Å². The number of rotatable bonds is 5. The lowest BCUT2D eigenvalue weighted by molar-refractivity contribution is 0.102. The van der Waals surface area contributed by atoms with Crippen LogP contribution in [-0.4, -0.2) is 37.2 Å². The van der Waals surface area contributed by atoms with E-state index in [1.165, 1.54) is 0 Å². The monoisotopic (exact) mass is 480 g/mol. The van der Waals surface area contributed by atoms with Crippen LogP contribution in [-0.2, 0) is 4.74 Å². The van der Waals surface area contributed by atoms with E-state index in [0.29, 0.717) is 16.9 Å².